The zero-order chi connectivity index (χ0) is 21.3. The number of rotatable bonds is 5. The van der Waals surface area contributed by atoms with E-state index in [0.29, 0.717) is 9.13 Å². The van der Waals surface area contributed by atoms with Gasteiger partial charge in [-0.05, 0) is 104 Å². The lowest BCUT2D eigenvalue weighted by Gasteiger charge is -2.17. The molecule has 0 aromatic heterocycles. The molecule has 0 amide bonds. The highest BCUT2D eigenvalue weighted by Gasteiger charge is 2.48. The molecule has 0 saturated heterocycles. The van der Waals surface area contributed by atoms with Crippen LogP contribution in [0.4, 0.5) is 8.78 Å². The van der Waals surface area contributed by atoms with Crippen LogP contribution in [-0.4, -0.2) is 30.2 Å². The summed E-state index contributed by atoms with van der Waals surface area (Å²) in [6, 6.07) is 7.80. The zero-order valence-corrected chi connectivity index (χ0v) is 20.4. The van der Waals surface area contributed by atoms with Crippen LogP contribution >= 0.6 is 67.8 Å². The quantitative estimate of drug-likeness (QED) is 0.151. The van der Waals surface area contributed by atoms with Crippen LogP contribution in [0.2, 0.25) is 0 Å². The Kier molecular flexibility index (Phi) is 7.59. The van der Waals surface area contributed by atoms with Crippen molar-refractivity contribution in [2.45, 2.75) is 5.25 Å². The average molecular weight is 749 g/mol. The van der Waals surface area contributed by atoms with E-state index >= 15 is 0 Å². The van der Waals surface area contributed by atoms with E-state index in [9.17, 15) is 31.3 Å². The lowest BCUT2D eigenvalue weighted by Crippen LogP contribution is -2.40. The minimum Gasteiger partial charge on any atom is -0.743 e. The molecule has 28 heavy (non-hydrogen) atoms. The van der Waals surface area contributed by atoms with Gasteiger partial charge in [-0.3, -0.25) is 0 Å². The average Bonchev–Trinajstić information content (AvgIpc) is 2.58. The topological polar surface area (TPSA) is 110 Å². The molecule has 0 N–H and O–H groups in total. The van der Waals surface area contributed by atoms with Gasteiger partial charge in [-0.25, -0.2) is 18.0 Å². The maximum absolute atomic E-state index is 13.1. The molecule has 2 rings (SSSR count). The molecule has 0 aliphatic carbocycles. The van der Waals surface area contributed by atoms with Crippen molar-refractivity contribution < 1.29 is 40.8 Å². The summed E-state index contributed by atoms with van der Waals surface area (Å²) in [6.07, 6.45) is 0. The molecule has 0 atom stereocenters. The molecule has 0 spiro atoms. The highest BCUT2D eigenvalue weighted by atomic mass is 127. The van der Waals surface area contributed by atoms with Crippen molar-refractivity contribution in [1.82, 2.24) is 0 Å². The van der Waals surface area contributed by atoms with Gasteiger partial charge in [0.05, 0.1) is 5.56 Å². The second kappa shape index (κ2) is 9.00. The summed E-state index contributed by atoms with van der Waals surface area (Å²) in [5.74, 6) is -3.63. The Hall–Kier alpha value is -0.660. The Morgan fingerprint density at radius 3 is 1.96 bits per heavy atom. The molecule has 0 aliphatic rings. The third-order valence-corrected chi connectivity index (χ3v) is 7.47. The van der Waals surface area contributed by atoms with Gasteiger partial charge in [0.2, 0.25) is 0 Å². The monoisotopic (exact) mass is 749 g/mol. The second-order valence-electron chi connectivity index (χ2n) is 4.97. The van der Waals surface area contributed by atoms with Crippen LogP contribution in [-0.2, 0) is 14.9 Å². The van der Waals surface area contributed by atoms with E-state index in [1.165, 1.54) is 0 Å². The van der Waals surface area contributed by atoms with Crippen molar-refractivity contribution in [3.8, 4) is 11.5 Å². The summed E-state index contributed by atoms with van der Waals surface area (Å²) >= 11 is 6.12. The molecule has 0 radical (unpaired) electrons. The van der Waals surface area contributed by atoms with E-state index in [1.54, 1.807) is 6.07 Å². The van der Waals surface area contributed by atoms with E-state index < -0.39 is 33.1 Å². The van der Waals surface area contributed by atoms with Gasteiger partial charge in [0.15, 0.2) is 10.1 Å². The first-order chi connectivity index (χ1) is 12.8. The summed E-state index contributed by atoms with van der Waals surface area (Å²) < 4.78 is 69.2. The Bertz CT molecular complexity index is 1040. The van der Waals surface area contributed by atoms with E-state index in [4.69, 9.17) is 4.74 Å². The number of benzene rings is 2. The van der Waals surface area contributed by atoms with Crippen LogP contribution in [0.25, 0.3) is 0 Å². The third-order valence-electron chi connectivity index (χ3n) is 3.01. The first-order valence-corrected chi connectivity index (χ1v) is 11.5. The maximum Gasteiger partial charge on any atom is 0.429 e. The van der Waals surface area contributed by atoms with E-state index in [-0.39, 0.29) is 5.75 Å². The van der Waals surface area contributed by atoms with Gasteiger partial charge in [-0.1, -0.05) is 0 Å². The van der Waals surface area contributed by atoms with Crippen molar-refractivity contribution in [2.24, 2.45) is 0 Å². The molecule has 2 aromatic carbocycles. The summed E-state index contributed by atoms with van der Waals surface area (Å²) in [5, 5.41) is -5.23. The number of hydrogen-bond donors (Lipinski definition) is 0. The summed E-state index contributed by atoms with van der Waals surface area (Å²) in [6.45, 7) is 0. The highest BCUT2D eigenvalue weighted by molar-refractivity contribution is 14.1. The molecule has 0 fully saturated rings. The van der Waals surface area contributed by atoms with Crippen LogP contribution in [0.5, 0.6) is 11.5 Å². The van der Waals surface area contributed by atoms with Gasteiger partial charge in [0, 0.05) is 10.7 Å². The number of esters is 2. The molecule has 7 nitrogen and oxygen atoms in total. The standard InChI is InChI=1S/C15H7F2I3O7S/c16-15(17,28(23,24)25)14(22)27-9-3-1-8(2-4-9)26-13(21)10-5-7(18)6-11(19)12(10)20/h1-6H,(H,23,24,25)/p-1. The van der Waals surface area contributed by atoms with Crippen molar-refractivity contribution >= 4 is 89.8 Å². The molecule has 150 valence electrons. The normalized spacial score (nSPS) is 11.8. The fraction of sp³-hybridized carbons (Fsp3) is 0.0667. The first kappa shape index (κ1) is 23.6. The minimum absolute atomic E-state index is 0.0256. The maximum atomic E-state index is 13.1. The predicted molar refractivity (Wildman–Crippen MR) is 116 cm³/mol. The molecule has 0 saturated carbocycles. The first-order valence-electron chi connectivity index (χ1n) is 6.85. The fourth-order valence-electron chi connectivity index (χ4n) is 1.71. The van der Waals surface area contributed by atoms with Gasteiger partial charge < -0.3 is 14.0 Å². The number of halogens is 5. The summed E-state index contributed by atoms with van der Waals surface area (Å²) in [7, 11) is -6.22. The Morgan fingerprint density at radius 1 is 0.964 bits per heavy atom. The SMILES string of the molecule is O=C(Oc1ccc(OC(=O)C(F)(F)S(=O)(=O)[O-])cc1)c1cc(I)cc(I)c1I. The number of ether oxygens (including phenoxy) is 2. The molecular formula is C15H6F2I3O7S-. The van der Waals surface area contributed by atoms with Gasteiger partial charge in [-0.2, -0.15) is 8.78 Å². The van der Waals surface area contributed by atoms with Gasteiger partial charge in [-0.15, -0.1) is 0 Å². The van der Waals surface area contributed by atoms with Crippen LogP contribution in [0.3, 0.4) is 0 Å². The van der Waals surface area contributed by atoms with Crippen LogP contribution < -0.4 is 9.47 Å². The smallest absolute Gasteiger partial charge is 0.429 e. The predicted octanol–water partition coefficient (Wildman–Crippen LogP) is 3.76. The second-order valence-corrected chi connectivity index (χ2v) is 9.88. The van der Waals surface area contributed by atoms with E-state index in [0.717, 1.165) is 31.4 Å². The van der Waals surface area contributed by atoms with E-state index in [2.05, 4.69) is 27.3 Å². The molecular weight excluding hydrogens is 743 g/mol. The van der Waals surface area contributed by atoms with Crippen LogP contribution in [0, 0.1) is 10.7 Å². The van der Waals surface area contributed by atoms with Gasteiger partial charge in [0.25, 0.3) is 0 Å². The van der Waals surface area contributed by atoms with Crippen molar-refractivity contribution in [1.29, 1.82) is 0 Å². The summed E-state index contributed by atoms with van der Waals surface area (Å²) in [4.78, 5) is 23.5. The lowest BCUT2D eigenvalue weighted by atomic mass is 10.2. The van der Waals surface area contributed by atoms with Gasteiger partial charge >= 0.3 is 17.2 Å². The third kappa shape index (κ3) is 5.48. The van der Waals surface area contributed by atoms with Crippen LogP contribution in [0.15, 0.2) is 36.4 Å². The molecule has 0 bridgehead atoms. The number of carbonyl (C=O) groups is 2. The summed E-state index contributed by atoms with van der Waals surface area (Å²) in [5.41, 5.74) is 0.327. The lowest BCUT2D eigenvalue weighted by molar-refractivity contribution is -0.151. The molecule has 0 unspecified atom stereocenters. The fourth-order valence-corrected chi connectivity index (χ4v) is 4.33. The number of alkyl halides is 2. The Labute approximate surface area is 198 Å². The zero-order valence-electron chi connectivity index (χ0n) is 13.1. The van der Waals surface area contributed by atoms with Crippen molar-refractivity contribution in [2.75, 3.05) is 0 Å². The number of hydrogen-bond acceptors (Lipinski definition) is 7. The molecule has 0 heterocycles. The molecule has 2 aromatic rings. The highest BCUT2D eigenvalue weighted by Crippen LogP contribution is 2.27. The van der Waals surface area contributed by atoms with Crippen LogP contribution in [0.1, 0.15) is 10.4 Å². The number of carbonyl (C=O) groups excluding carboxylic acids is 2. The molecule has 0 aliphatic heterocycles. The van der Waals surface area contributed by atoms with Crippen molar-refractivity contribution in [3.63, 3.8) is 0 Å². The largest absolute Gasteiger partial charge is 0.743 e. The van der Waals surface area contributed by atoms with Gasteiger partial charge in [0.1, 0.15) is 11.5 Å². The van der Waals surface area contributed by atoms with E-state index in [1.807, 2.05) is 51.2 Å². The van der Waals surface area contributed by atoms with Crippen molar-refractivity contribution in [3.05, 3.63) is 52.7 Å². The minimum atomic E-state index is -6.22. The molecule has 13 heteroatoms. The Morgan fingerprint density at radius 2 is 1.46 bits per heavy atom. The Balaban J connectivity index is 2.13.